The van der Waals surface area contributed by atoms with Gasteiger partial charge in [-0.2, -0.15) is 0 Å². The van der Waals surface area contributed by atoms with Crippen LogP contribution in [-0.2, 0) is 27.4 Å². The van der Waals surface area contributed by atoms with E-state index in [4.69, 9.17) is 4.74 Å². The lowest BCUT2D eigenvalue weighted by Crippen LogP contribution is -2.50. The maximum Gasteiger partial charge on any atom is 0.416 e. The Bertz CT molecular complexity index is 1330. The summed E-state index contributed by atoms with van der Waals surface area (Å²) in [5.41, 5.74) is 2.04. The Labute approximate surface area is 219 Å². The fourth-order valence-corrected chi connectivity index (χ4v) is 4.38. The highest BCUT2D eigenvalue weighted by Crippen LogP contribution is 2.23. The smallest absolute Gasteiger partial charge is 0.416 e. The molecule has 0 fully saturated rings. The Morgan fingerprint density at radius 2 is 1.82 bits per heavy atom. The second-order valence-corrected chi connectivity index (χ2v) is 9.05. The first kappa shape index (κ1) is 26.5. The number of nitrogens with zero attached hydrogens (tertiary/aromatic N) is 1. The number of fused-ring (bicyclic) bond motifs is 1. The highest BCUT2D eigenvalue weighted by molar-refractivity contribution is 5.92. The van der Waals surface area contributed by atoms with Crippen molar-refractivity contribution in [1.29, 1.82) is 0 Å². The molecule has 10 nitrogen and oxygen atoms in total. The molecule has 2 heterocycles. The molecule has 1 unspecified atom stereocenters. The Kier molecular flexibility index (Phi) is 8.76. The van der Waals surface area contributed by atoms with Gasteiger partial charge in [0.25, 0.3) is 0 Å². The topological polar surface area (TPSA) is 139 Å². The lowest BCUT2D eigenvalue weighted by molar-refractivity contribution is -0.124. The van der Waals surface area contributed by atoms with Gasteiger partial charge in [0.05, 0.1) is 11.6 Å². The number of hydrogen-bond donors (Lipinski definition) is 4. The predicted octanol–water partition coefficient (Wildman–Crippen LogP) is 3.35. The zero-order valence-electron chi connectivity index (χ0n) is 20.8. The molecular weight excluding hydrogens is 488 g/mol. The third kappa shape index (κ3) is 7.00. The van der Waals surface area contributed by atoms with Crippen LogP contribution in [0.5, 0.6) is 0 Å². The van der Waals surface area contributed by atoms with E-state index >= 15 is 0 Å². The van der Waals surface area contributed by atoms with E-state index in [1.807, 2.05) is 42.5 Å². The van der Waals surface area contributed by atoms with Crippen LogP contribution in [0.1, 0.15) is 30.4 Å². The fraction of sp³-hybridized carbons (Fsp3) is 0.286. The summed E-state index contributed by atoms with van der Waals surface area (Å²) < 4.78 is 6.43. The van der Waals surface area contributed by atoms with Crippen LogP contribution in [0.15, 0.2) is 72.9 Å². The molecule has 4 N–H and O–H groups in total. The van der Waals surface area contributed by atoms with Crippen LogP contribution >= 0.6 is 0 Å². The molecule has 0 saturated carbocycles. The summed E-state index contributed by atoms with van der Waals surface area (Å²) in [7, 11) is 0. The molecule has 2 aromatic carbocycles. The van der Waals surface area contributed by atoms with Gasteiger partial charge >= 0.3 is 12.2 Å². The molecule has 198 valence electrons. The standard InChI is InChI=1S/C28H30N4O6/c33-25-14-13-21(16-20-17-32(28(36)37)24-12-5-4-10-22(20)24)30-26(34)23(11-6-7-15-29-25)31-27(35)38-18-19-8-2-1-3-9-19/h1-5,8-10,12-14,17,21,23H,6-7,11,15-16,18H2,(H,29,33)(H,30,34)(H,31,35)(H,36,37)/b14-13+/t21-,23?/m1/s1. The van der Waals surface area contributed by atoms with E-state index in [9.17, 15) is 24.3 Å². The zero-order valence-corrected chi connectivity index (χ0v) is 20.8. The van der Waals surface area contributed by atoms with Crippen molar-refractivity contribution in [3.63, 3.8) is 0 Å². The van der Waals surface area contributed by atoms with Crippen molar-refractivity contribution in [2.24, 2.45) is 0 Å². The van der Waals surface area contributed by atoms with Gasteiger partial charge in [-0.25, -0.2) is 9.59 Å². The van der Waals surface area contributed by atoms with E-state index in [-0.39, 0.29) is 18.9 Å². The van der Waals surface area contributed by atoms with E-state index in [1.165, 1.54) is 12.3 Å². The summed E-state index contributed by atoms with van der Waals surface area (Å²) in [5.74, 6) is -0.698. The molecule has 0 radical (unpaired) electrons. The minimum absolute atomic E-state index is 0.0754. The van der Waals surface area contributed by atoms with Gasteiger partial charge in [0, 0.05) is 24.2 Å². The van der Waals surface area contributed by atoms with Crippen molar-refractivity contribution in [3.05, 3.63) is 84.1 Å². The molecule has 0 saturated heterocycles. The average molecular weight is 519 g/mol. The number of carbonyl (C=O) groups is 4. The van der Waals surface area contributed by atoms with Crippen molar-refractivity contribution in [1.82, 2.24) is 20.5 Å². The number of carbonyl (C=O) groups excluding carboxylic acids is 3. The normalized spacial score (nSPS) is 19.4. The number of para-hydroxylation sites is 1. The van der Waals surface area contributed by atoms with Crippen LogP contribution in [-0.4, -0.2) is 52.3 Å². The third-order valence-corrected chi connectivity index (χ3v) is 6.29. The number of rotatable bonds is 5. The summed E-state index contributed by atoms with van der Waals surface area (Å²) in [6, 6.07) is 14.8. The first-order valence-corrected chi connectivity index (χ1v) is 12.5. The van der Waals surface area contributed by atoms with Crippen molar-refractivity contribution in [2.75, 3.05) is 6.54 Å². The third-order valence-electron chi connectivity index (χ3n) is 6.29. The van der Waals surface area contributed by atoms with Gasteiger partial charge < -0.3 is 25.8 Å². The Balaban J connectivity index is 1.51. The van der Waals surface area contributed by atoms with Crippen LogP contribution in [0.4, 0.5) is 9.59 Å². The number of carboxylic acid groups (broad SMARTS) is 1. The summed E-state index contributed by atoms with van der Waals surface area (Å²) in [5, 5.41) is 18.7. The summed E-state index contributed by atoms with van der Waals surface area (Å²) in [6.45, 7) is 0.513. The minimum Gasteiger partial charge on any atom is -0.464 e. The second-order valence-electron chi connectivity index (χ2n) is 9.05. The molecule has 0 aliphatic carbocycles. The van der Waals surface area contributed by atoms with E-state index in [2.05, 4.69) is 16.0 Å². The number of amides is 3. The first-order valence-electron chi connectivity index (χ1n) is 12.5. The summed E-state index contributed by atoms with van der Waals surface area (Å²) >= 11 is 0. The average Bonchev–Trinajstić information content (AvgIpc) is 3.28. The Morgan fingerprint density at radius 1 is 1.05 bits per heavy atom. The molecule has 2 atom stereocenters. The molecule has 0 bridgehead atoms. The SMILES string of the molecule is O=C1/C=C/[C@H](Cc2cn(C(=O)O)c3ccccc23)NC(=O)C(NC(=O)OCc2ccccc2)CCCCN1. The lowest BCUT2D eigenvalue weighted by Gasteiger charge is -2.22. The van der Waals surface area contributed by atoms with Gasteiger partial charge in [0.1, 0.15) is 12.6 Å². The molecule has 0 spiro atoms. The second kappa shape index (κ2) is 12.6. The van der Waals surface area contributed by atoms with Gasteiger partial charge in [0.2, 0.25) is 11.8 Å². The molecule has 1 aliphatic rings. The van der Waals surface area contributed by atoms with Gasteiger partial charge in [-0.15, -0.1) is 0 Å². The van der Waals surface area contributed by atoms with Crippen LogP contribution in [0.3, 0.4) is 0 Å². The largest absolute Gasteiger partial charge is 0.464 e. The van der Waals surface area contributed by atoms with Crippen LogP contribution in [0.2, 0.25) is 0 Å². The zero-order chi connectivity index (χ0) is 26.9. The van der Waals surface area contributed by atoms with E-state index in [0.29, 0.717) is 36.9 Å². The first-order chi connectivity index (χ1) is 18.4. The molecule has 1 aliphatic heterocycles. The molecular formula is C28H30N4O6. The number of aromatic nitrogens is 1. The number of ether oxygens (including phenoxy) is 1. The quantitative estimate of drug-likeness (QED) is 0.409. The molecule has 10 heteroatoms. The van der Waals surface area contributed by atoms with E-state index in [1.54, 1.807) is 18.2 Å². The maximum atomic E-state index is 13.3. The maximum absolute atomic E-state index is 13.3. The molecule has 1 aromatic heterocycles. The van der Waals surface area contributed by atoms with Crippen molar-refractivity contribution in [2.45, 2.75) is 44.4 Å². The number of alkyl carbamates (subject to hydrolysis) is 1. The van der Waals surface area contributed by atoms with Crippen molar-refractivity contribution >= 4 is 34.9 Å². The minimum atomic E-state index is -1.12. The van der Waals surface area contributed by atoms with Crippen molar-refractivity contribution in [3.8, 4) is 0 Å². The van der Waals surface area contributed by atoms with Crippen LogP contribution in [0, 0.1) is 0 Å². The van der Waals surface area contributed by atoms with Gasteiger partial charge in [-0.3, -0.25) is 14.2 Å². The van der Waals surface area contributed by atoms with E-state index in [0.717, 1.165) is 15.5 Å². The Hall–Kier alpha value is -4.60. The van der Waals surface area contributed by atoms with Gasteiger partial charge in [-0.05, 0) is 42.9 Å². The molecule has 3 amide bonds. The summed E-state index contributed by atoms with van der Waals surface area (Å²) in [4.78, 5) is 49.7. The number of hydrogen-bond acceptors (Lipinski definition) is 5. The van der Waals surface area contributed by atoms with Gasteiger partial charge in [0.15, 0.2) is 0 Å². The molecule has 4 rings (SSSR count). The molecule has 38 heavy (non-hydrogen) atoms. The Morgan fingerprint density at radius 3 is 2.61 bits per heavy atom. The van der Waals surface area contributed by atoms with Gasteiger partial charge in [-0.1, -0.05) is 54.6 Å². The predicted molar refractivity (Wildman–Crippen MR) is 141 cm³/mol. The molecule has 3 aromatic rings. The lowest BCUT2D eigenvalue weighted by atomic mass is 10.0. The van der Waals surface area contributed by atoms with Crippen LogP contribution in [0.25, 0.3) is 10.9 Å². The monoisotopic (exact) mass is 518 g/mol. The van der Waals surface area contributed by atoms with Crippen LogP contribution < -0.4 is 16.0 Å². The number of benzene rings is 2. The highest BCUT2D eigenvalue weighted by Gasteiger charge is 2.25. The fourth-order valence-electron chi connectivity index (χ4n) is 4.38. The highest BCUT2D eigenvalue weighted by atomic mass is 16.5. The van der Waals surface area contributed by atoms with E-state index < -0.39 is 30.2 Å². The summed E-state index contributed by atoms with van der Waals surface area (Å²) in [6.07, 6.45) is 4.46. The van der Waals surface area contributed by atoms with Crippen molar-refractivity contribution < 1.29 is 29.0 Å². The number of nitrogens with one attached hydrogen (secondary N) is 3.